The first-order valence-electron chi connectivity index (χ1n) is 8.23. The number of thiophene rings is 1. The van der Waals surface area contributed by atoms with Gasteiger partial charge in [0.2, 0.25) is 0 Å². The topological polar surface area (TPSA) is 71.5 Å². The van der Waals surface area contributed by atoms with Gasteiger partial charge >= 0.3 is 0 Å². The van der Waals surface area contributed by atoms with Gasteiger partial charge in [0.1, 0.15) is 4.21 Å². The van der Waals surface area contributed by atoms with E-state index in [0.717, 1.165) is 11.3 Å². The predicted octanol–water partition coefficient (Wildman–Crippen LogP) is 2.94. The van der Waals surface area contributed by atoms with Crippen LogP contribution >= 0.6 is 11.3 Å². The second-order valence-electron chi connectivity index (χ2n) is 6.08. The van der Waals surface area contributed by atoms with Crippen molar-refractivity contribution < 1.29 is 16.8 Å². The maximum absolute atomic E-state index is 12.9. The lowest BCUT2D eigenvalue weighted by Crippen LogP contribution is -2.39. The van der Waals surface area contributed by atoms with E-state index in [2.05, 4.69) is 0 Å². The molecule has 0 N–H and O–H groups in total. The highest BCUT2D eigenvalue weighted by atomic mass is 32.2. The van der Waals surface area contributed by atoms with Crippen LogP contribution in [0.5, 0.6) is 0 Å². The summed E-state index contributed by atoms with van der Waals surface area (Å²) in [5.41, 5.74) is 0. The van der Waals surface area contributed by atoms with E-state index in [9.17, 15) is 16.8 Å². The zero-order valence-corrected chi connectivity index (χ0v) is 16.4. The Labute approximate surface area is 153 Å². The summed E-state index contributed by atoms with van der Waals surface area (Å²) in [6.45, 7) is 2.35. The van der Waals surface area contributed by atoms with Gasteiger partial charge in [0.05, 0.1) is 10.6 Å². The number of hydrogen-bond acceptors (Lipinski definition) is 5. The zero-order chi connectivity index (χ0) is 18.1. The van der Waals surface area contributed by atoms with Crippen molar-refractivity contribution in [3.8, 4) is 0 Å². The van der Waals surface area contributed by atoms with Crippen LogP contribution in [0.2, 0.25) is 0 Å². The minimum atomic E-state index is -3.64. The van der Waals surface area contributed by atoms with Crippen LogP contribution in [-0.2, 0) is 26.3 Å². The Morgan fingerprint density at radius 1 is 1.08 bits per heavy atom. The number of sulfonamides is 1. The van der Waals surface area contributed by atoms with Gasteiger partial charge in [-0.3, -0.25) is 0 Å². The number of nitrogens with zero attached hydrogens (tertiary/aromatic N) is 1. The van der Waals surface area contributed by atoms with Gasteiger partial charge in [-0.2, -0.15) is 4.31 Å². The largest absolute Gasteiger partial charge is 0.252 e. The summed E-state index contributed by atoms with van der Waals surface area (Å²) in [4.78, 5) is 1.25. The van der Waals surface area contributed by atoms with Crippen LogP contribution in [0.25, 0.3) is 0 Å². The highest BCUT2D eigenvalue weighted by molar-refractivity contribution is 7.92. The molecule has 1 fully saturated rings. The van der Waals surface area contributed by atoms with Gasteiger partial charge in [0.15, 0.2) is 9.84 Å². The Morgan fingerprint density at radius 3 is 2.44 bits per heavy atom. The molecule has 25 heavy (non-hydrogen) atoms. The predicted molar refractivity (Wildman–Crippen MR) is 99.1 cm³/mol. The van der Waals surface area contributed by atoms with E-state index in [4.69, 9.17) is 0 Å². The van der Waals surface area contributed by atoms with Crippen molar-refractivity contribution in [2.24, 2.45) is 0 Å². The molecule has 8 heteroatoms. The molecule has 3 rings (SSSR count). The molecule has 0 unspecified atom stereocenters. The third kappa shape index (κ3) is 3.81. The molecule has 0 saturated carbocycles. The summed E-state index contributed by atoms with van der Waals surface area (Å²) >= 11 is 1.26. The average Bonchev–Trinajstić information content (AvgIpc) is 3.25. The van der Waals surface area contributed by atoms with Gasteiger partial charge in [-0.1, -0.05) is 25.1 Å². The van der Waals surface area contributed by atoms with Crippen molar-refractivity contribution in [3.63, 3.8) is 0 Å². The highest BCUT2D eigenvalue weighted by Gasteiger charge is 2.38. The molecule has 2 aromatic rings. The molecule has 0 radical (unpaired) electrons. The molecular weight excluding hydrogens is 378 g/mol. The molecule has 5 nitrogen and oxygen atoms in total. The standard InChI is InChI=1S/C17H21NO4S3/c1-2-15-10-11-17(23-15)25(21,22)18-12-6-7-14(18)13-24(19,20)16-8-4-3-5-9-16/h3-5,8-11,14H,2,6-7,12-13H2,1H3/t14-/m1/s1. The molecule has 1 aromatic heterocycles. The van der Waals surface area contributed by atoms with Crippen molar-refractivity contribution in [1.29, 1.82) is 0 Å². The van der Waals surface area contributed by atoms with Crippen LogP contribution in [0.15, 0.2) is 51.6 Å². The zero-order valence-electron chi connectivity index (χ0n) is 14.0. The van der Waals surface area contributed by atoms with Crippen molar-refractivity contribution in [2.45, 2.75) is 41.3 Å². The number of rotatable bonds is 6. The van der Waals surface area contributed by atoms with Gasteiger partial charge in [-0.15, -0.1) is 11.3 Å². The van der Waals surface area contributed by atoms with Crippen molar-refractivity contribution in [2.75, 3.05) is 12.3 Å². The molecule has 0 amide bonds. The molecule has 1 atom stereocenters. The Morgan fingerprint density at radius 2 is 1.80 bits per heavy atom. The number of aryl methyl sites for hydroxylation is 1. The van der Waals surface area contributed by atoms with Crippen LogP contribution in [0, 0.1) is 0 Å². The lowest BCUT2D eigenvalue weighted by Gasteiger charge is -2.23. The fourth-order valence-electron chi connectivity index (χ4n) is 3.07. The smallest absolute Gasteiger partial charge is 0.224 e. The lowest BCUT2D eigenvalue weighted by atomic mass is 10.3. The lowest BCUT2D eigenvalue weighted by molar-refractivity contribution is 0.409. The fourth-order valence-corrected chi connectivity index (χ4v) is 7.90. The van der Waals surface area contributed by atoms with Crippen LogP contribution in [0.3, 0.4) is 0 Å². The molecule has 0 bridgehead atoms. The summed E-state index contributed by atoms with van der Waals surface area (Å²) in [5, 5.41) is 0. The van der Waals surface area contributed by atoms with Crippen LogP contribution < -0.4 is 0 Å². The molecule has 136 valence electrons. The third-order valence-electron chi connectivity index (χ3n) is 4.39. The van der Waals surface area contributed by atoms with E-state index >= 15 is 0 Å². The van der Waals surface area contributed by atoms with E-state index in [1.165, 1.54) is 15.6 Å². The second kappa shape index (κ2) is 7.19. The first-order valence-corrected chi connectivity index (χ1v) is 12.1. The SMILES string of the molecule is CCc1ccc(S(=O)(=O)N2CCC[C@@H]2CS(=O)(=O)c2ccccc2)s1. The summed E-state index contributed by atoms with van der Waals surface area (Å²) in [7, 11) is -7.17. The number of sulfone groups is 1. The molecule has 1 aromatic carbocycles. The number of benzene rings is 1. The maximum Gasteiger partial charge on any atom is 0.252 e. The molecule has 0 spiro atoms. The summed E-state index contributed by atoms with van der Waals surface area (Å²) in [5.74, 6) is -0.178. The normalized spacial score (nSPS) is 19.3. The van der Waals surface area contributed by atoms with E-state index < -0.39 is 25.9 Å². The van der Waals surface area contributed by atoms with Crippen LogP contribution in [0.1, 0.15) is 24.6 Å². The summed E-state index contributed by atoms with van der Waals surface area (Å²) in [6, 6.07) is 11.1. The average molecular weight is 400 g/mol. The fraction of sp³-hybridized carbons (Fsp3) is 0.412. The van der Waals surface area contributed by atoms with Crippen molar-refractivity contribution >= 4 is 31.2 Å². The molecule has 1 aliphatic heterocycles. The van der Waals surface area contributed by atoms with Gasteiger partial charge in [0.25, 0.3) is 10.0 Å². The Bertz CT molecular complexity index is 933. The van der Waals surface area contributed by atoms with Crippen molar-refractivity contribution in [3.05, 3.63) is 47.3 Å². The highest BCUT2D eigenvalue weighted by Crippen LogP contribution is 2.31. The minimum Gasteiger partial charge on any atom is -0.224 e. The molecule has 0 aliphatic carbocycles. The van der Waals surface area contributed by atoms with E-state index in [1.54, 1.807) is 36.4 Å². The quantitative estimate of drug-likeness (QED) is 0.749. The molecule has 2 heterocycles. The second-order valence-corrected chi connectivity index (χ2v) is 11.4. The first kappa shape index (κ1) is 18.6. The van der Waals surface area contributed by atoms with E-state index in [1.807, 2.05) is 13.0 Å². The summed E-state index contributed by atoms with van der Waals surface area (Å²) in [6.07, 6.45) is 2.03. The van der Waals surface area contributed by atoms with Gasteiger partial charge in [0, 0.05) is 17.5 Å². The van der Waals surface area contributed by atoms with Crippen LogP contribution in [0.4, 0.5) is 0 Å². The van der Waals surface area contributed by atoms with Gasteiger partial charge < -0.3 is 0 Å². The molecular formula is C17H21NO4S3. The van der Waals surface area contributed by atoms with Gasteiger partial charge in [-0.25, -0.2) is 16.8 Å². The van der Waals surface area contributed by atoms with Crippen molar-refractivity contribution in [1.82, 2.24) is 4.31 Å². The Kier molecular flexibility index (Phi) is 5.34. The maximum atomic E-state index is 12.9. The van der Waals surface area contributed by atoms with Gasteiger partial charge in [-0.05, 0) is 43.5 Å². The molecule has 1 aliphatic rings. The minimum absolute atomic E-state index is 0.178. The Hall–Kier alpha value is -1.22. The monoisotopic (exact) mass is 399 g/mol. The van der Waals surface area contributed by atoms with E-state index in [0.29, 0.717) is 23.6 Å². The number of hydrogen-bond donors (Lipinski definition) is 0. The first-order chi connectivity index (χ1) is 11.8. The van der Waals surface area contributed by atoms with Crippen LogP contribution in [-0.4, -0.2) is 39.5 Å². The Balaban J connectivity index is 1.85. The molecule has 1 saturated heterocycles. The van der Waals surface area contributed by atoms with E-state index in [-0.39, 0.29) is 10.6 Å². The summed E-state index contributed by atoms with van der Waals surface area (Å²) < 4.78 is 52.8. The third-order valence-corrected chi connectivity index (χ3v) is 9.85.